The van der Waals surface area contributed by atoms with E-state index in [9.17, 15) is 4.39 Å². The summed E-state index contributed by atoms with van der Waals surface area (Å²) in [4.78, 5) is 0. The van der Waals surface area contributed by atoms with Crippen LogP contribution in [0, 0.1) is 5.82 Å². The second kappa shape index (κ2) is 5.08. The largest absolute Gasteiger partial charge is 0.455 e. The van der Waals surface area contributed by atoms with E-state index in [0.29, 0.717) is 17.4 Å². The number of benzene rings is 2. The Morgan fingerprint density at radius 3 is 2.39 bits per heavy atom. The second-order valence-corrected chi connectivity index (χ2v) is 4.45. The Labute approximate surface area is 106 Å². The molecule has 0 aliphatic heterocycles. The molecule has 0 amide bonds. The number of rotatable bonds is 3. The smallest absolute Gasteiger partial charge is 0.153 e. The van der Waals surface area contributed by atoms with Crippen molar-refractivity contribution in [3.63, 3.8) is 0 Å². The van der Waals surface area contributed by atoms with Crippen molar-refractivity contribution in [2.75, 3.05) is 5.73 Å². The molecule has 0 saturated heterocycles. The molecule has 0 saturated carbocycles. The highest BCUT2D eigenvalue weighted by atomic mass is 19.1. The number of anilines is 1. The third-order valence-corrected chi connectivity index (χ3v) is 2.77. The summed E-state index contributed by atoms with van der Waals surface area (Å²) in [7, 11) is 0. The minimum absolute atomic E-state index is 0.0380. The van der Waals surface area contributed by atoms with Gasteiger partial charge in [0.15, 0.2) is 5.75 Å². The summed E-state index contributed by atoms with van der Waals surface area (Å²) in [5, 5.41) is 0. The highest BCUT2D eigenvalue weighted by molar-refractivity contribution is 5.55. The number of ether oxygens (including phenoxy) is 1. The first-order valence-corrected chi connectivity index (χ1v) is 5.90. The highest BCUT2D eigenvalue weighted by Crippen LogP contribution is 2.33. The molecule has 2 aromatic carbocycles. The number of nitrogens with two attached hydrogens (primary N) is 1. The van der Waals surface area contributed by atoms with Crippen molar-refractivity contribution in [2.24, 2.45) is 0 Å². The van der Waals surface area contributed by atoms with Gasteiger partial charge in [-0.05, 0) is 29.7 Å². The maximum Gasteiger partial charge on any atom is 0.153 e. The van der Waals surface area contributed by atoms with Crippen LogP contribution >= 0.6 is 0 Å². The zero-order chi connectivity index (χ0) is 13.1. The van der Waals surface area contributed by atoms with Gasteiger partial charge >= 0.3 is 0 Å². The lowest BCUT2D eigenvalue weighted by Crippen LogP contribution is -1.98. The molecular formula is C15H16FNO. The van der Waals surface area contributed by atoms with E-state index >= 15 is 0 Å². The quantitative estimate of drug-likeness (QED) is 0.817. The first-order valence-electron chi connectivity index (χ1n) is 5.90. The molecule has 2 N–H and O–H groups in total. The molecule has 2 aromatic rings. The van der Waals surface area contributed by atoms with Gasteiger partial charge in [-0.25, -0.2) is 4.39 Å². The van der Waals surface area contributed by atoms with E-state index in [4.69, 9.17) is 10.5 Å². The molecule has 0 aliphatic carbocycles. The van der Waals surface area contributed by atoms with Crippen LogP contribution in [0.25, 0.3) is 0 Å². The Bertz CT molecular complexity index is 552. The Kier molecular flexibility index (Phi) is 3.51. The standard InChI is InChI=1S/C15H16FNO/c1-10(2)11-6-3-4-8-13(11)18-14-9-5-7-12(16)15(14)17/h3-10H,17H2,1-2H3. The molecule has 0 aromatic heterocycles. The Hall–Kier alpha value is -2.03. The number of halogens is 1. The molecule has 0 unspecified atom stereocenters. The first-order chi connectivity index (χ1) is 8.59. The van der Waals surface area contributed by atoms with Crippen molar-refractivity contribution < 1.29 is 9.13 Å². The number of hydrogen-bond acceptors (Lipinski definition) is 2. The zero-order valence-corrected chi connectivity index (χ0v) is 10.5. The van der Waals surface area contributed by atoms with Crippen LogP contribution in [0.2, 0.25) is 0 Å². The van der Waals surface area contributed by atoms with Crippen molar-refractivity contribution in [1.29, 1.82) is 0 Å². The van der Waals surface area contributed by atoms with E-state index in [-0.39, 0.29) is 5.69 Å². The molecule has 0 radical (unpaired) electrons. The average molecular weight is 245 g/mol. The molecular weight excluding hydrogens is 229 g/mol. The second-order valence-electron chi connectivity index (χ2n) is 4.45. The number of para-hydroxylation sites is 2. The normalized spacial score (nSPS) is 10.7. The molecule has 18 heavy (non-hydrogen) atoms. The van der Waals surface area contributed by atoms with Crippen LogP contribution < -0.4 is 10.5 Å². The third kappa shape index (κ3) is 2.45. The van der Waals surface area contributed by atoms with E-state index < -0.39 is 5.82 Å². The van der Waals surface area contributed by atoms with Crippen LogP contribution in [0.5, 0.6) is 11.5 Å². The maximum absolute atomic E-state index is 13.3. The van der Waals surface area contributed by atoms with Gasteiger partial charge in [0.2, 0.25) is 0 Å². The van der Waals surface area contributed by atoms with Gasteiger partial charge in [-0.1, -0.05) is 38.1 Å². The van der Waals surface area contributed by atoms with E-state index in [2.05, 4.69) is 13.8 Å². The van der Waals surface area contributed by atoms with Crippen LogP contribution in [0.15, 0.2) is 42.5 Å². The molecule has 2 rings (SSSR count). The minimum Gasteiger partial charge on any atom is -0.455 e. The maximum atomic E-state index is 13.3. The molecule has 0 bridgehead atoms. The summed E-state index contributed by atoms with van der Waals surface area (Å²) in [5.74, 6) is 0.929. The monoisotopic (exact) mass is 245 g/mol. The van der Waals surface area contributed by atoms with E-state index in [1.807, 2.05) is 24.3 Å². The van der Waals surface area contributed by atoms with Crippen LogP contribution in [0.1, 0.15) is 25.3 Å². The van der Waals surface area contributed by atoms with Crippen LogP contribution in [-0.4, -0.2) is 0 Å². The Morgan fingerprint density at radius 1 is 1.00 bits per heavy atom. The van der Waals surface area contributed by atoms with Gasteiger partial charge in [-0.15, -0.1) is 0 Å². The number of hydrogen-bond donors (Lipinski definition) is 1. The first kappa shape index (κ1) is 12.4. The average Bonchev–Trinajstić information content (AvgIpc) is 2.35. The molecule has 0 heterocycles. The lowest BCUT2D eigenvalue weighted by atomic mass is 10.0. The van der Waals surface area contributed by atoms with E-state index in [1.54, 1.807) is 12.1 Å². The van der Waals surface area contributed by atoms with Gasteiger partial charge < -0.3 is 10.5 Å². The number of nitrogen functional groups attached to an aromatic ring is 1. The molecule has 94 valence electrons. The van der Waals surface area contributed by atoms with Gasteiger partial charge in [0, 0.05) is 0 Å². The lowest BCUT2D eigenvalue weighted by Gasteiger charge is -2.14. The highest BCUT2D eigenvalue weighted by Gasteiger charge is 2.11. The van der Waals surface area contributed by atoms with Crippen LogP contribution in [-0.2, 0) is 0 Å². The van der Waals surface area contributed by atoms with Crippen molar-refractivity contribution in [1.82, 2.24) is 0 Å². The molecule has 0 spiro atoms. The summed E-state index contributed by atoms with van der Waals surface area (Å²) in [6.07, 6.45) is 0. The van der Waals surface area contributed by atoms with Crippen molar-refractivity contribution in [3.05, 3.63) is 53.8 Å². The molecule has 0 atom stereocenters. The zero-order valence-electron chi connectivity index (χ0n) is 10.5. The third-order valence-electron chi connectivity index (χ3n) is 2.77. The fourth-order valence-corrected chi connectivity index (χ4v) is 1.78. The van der Waals surface area contributed by atoms with Crippen LogP contribution in [0.3, 0.4) is 0 Å². The fourth-order valence-electron chi connectivity index (χ4n) is 1.78. The van der Waals surface area contributed by atoms with Gasteiger partial charge in [0.1, 0.15) is 17.3 Å². The van der Waals surface area contributed by atoms with Crippen molar-refractivity contribution in [2.45, 2.75) is 19.8 Å². The topological polar surface area (TPSA) is 35.2 Å². The Morgan fingerprint density at radius 2 is 1.67 bits per heavy atom. The predicted octanol–water partition coefficient (Wildman–Crippen LogP) is 4.32. The van der Waals surface area contributed by atoms with Gasteiger partial charge in [0.05, 0.1) is 0 Å². The SMILES string of the molecule is CC(C)c1ccccc1Oc1cccc(F)c1N. The Balaban J connectivity index is 2.37. The predicted molar refractivity (Wildman–Crippen MR) is 71.4 cm³/mol. The summed E-state index contributed by atoms with van der Waals surface area (Å²) >= 11 is 0. The van der Waals surface area contributed by atoms with Gasteiger partial charge in [-0.2, -0.15) is 0 Å². The summed E-state index contributed by atoms with van der Waals surface area (Å²) in [5.41, 5.74) is 6.77. The van der Waals surface area contributed by atoms with Crippen molar-refractivity contribution >= 4 is 5.69 Å². The van der Waals surface area contributed by atoms with Gasteiger partial charge in [0.25, 0.3) is 0 Å². The molecule has 3 heteroatoms. The summed E-state index contributed by atoms with van der Waals surface area (Å²) in [6, 6.07) is 12.3. The summed E-state index contributed by atoms with van der Waals surface area (Å²) in [6.45, 7) is 4.16. The van der Waals surface area contributed by atoms with E-state index in [0.717, 1.165) is 5.56 Å². The fraction of sp³-hybridized carbons (Fsp3) is 0.200. The summed E-state index contributed by atoms with van der Waals surface area (Å²) < 4.78 is 19.1. The lowest BCUT2D eigenvalue weighted by molar-refractivity contribution is 0.471. The van der Waals surface area contributed by atoms with Crippen molar-refractivity contribution in [3.8, 4) is 11.5 Å². The van der Waals surface area contributed by atoms with E-state index in [1.165, 1.54) is 6.07 Å². The minimum atomic E-state index is -0.463. The van der Waals surface area contributed by atoms with Crippen LogP contribution in [0.4, 0.5) is 10.1 Å². The van der Waals surface area contributed by atoms with Gasteiger partial charge in [-0.3, -0.25) is 0 Å². The molecule has 2 nitrogen and oxygen atoms in total. The molecule has 0 fully saturated rings. The molecule has 0 aliphatic rings.